The highest BCUT2D eigenvalue weighted by molar-refractivity contribution is 5.76. The highest BCUT2D eigenvalue weighted by Crippen LogP contribution is 2.14. The van der Waals surface area contributed by atoms with Gasteiger partial charge in [-0.3, -0.25) is 4.79 Å². The smallest absolute Gasteiger partial charge is 0.220 e. The van der Waals surface area contributed by atoms with Crippen LogP contribution in [0.5, 0.6) is 0 Å². The SMILES string of the molecule is CCCC/C=C\CCCCCCCC(=O)NC(CO)C(O)C(O)CCC/C=C/CC/C=C/CCCCCCCCCCCCCCCC. The van der Waals surface area contributed by atoms with Gasteiger partial charge in [-0.25, -0.2) is 0 Å². The van der Waals surface area contributed by atoms with E-state index in [1.165, 1.54) is 128 Å². The number of carbonyl (C=O) groups is 1. The molecular formula is C43H81NO4. The zero-order valence-electron chi connectivity index (χ0n) is 31.9. The van der Waals surface area contributed by atoms with E-state index in [4.69, 9.17) is 0 Å². The summed E-state index contributed by atoms with van der Waals surface area (Å²) in [6.45, 7) is 4.11. The van der Waals surface area contributed by atoms with Crippen LogP contribution >= 0.6 is 0 Å². The maximum Gasteiger partial charge on any atom is 0.220 e. The summed E-state index contributed by atoms with van der Waals surface area (Å²) in [6.07, 6.45) is 46.9. The molecule has 0 aromatic heterocycles. The van der Waals surface area contributed by atoms with Gasteiger partial charge < -0.3 is 20.6 Å². The lowest BCUT2D eigenvalue weighted by Crippen LogP contribution is -2.50. The number of aliphatic hydroxyl groups is 3. The van der Waals surface area contributed by atoms with Crippen molar-refractivity contribution in [2.24, 2.45) is 0 Å². The van der Waals surface area contributed by atoms with Gasteiger partial charge in [0.15, 0.2) is 0 Å². The molecule has 0 saturated carbocycles. The summed E-state index contributed by atoms with van der Waals surface area (Å²) < 4.78 is 0. The summed E-state index contributed by atoms with van der Waals surface area (Å²) in [5.74, 6) is -0.171. The number of nitrogens with one attached hydrogen (secondary N) is 1. The lowest BCUT2D eigenvalue weighted by molar-refractivity contribution is -0.124. The highest BCUT2D eigenvalue weighted by Gasteiger charge is 2.26. The van der Waals surface area contributed by atoms with E-state index < -0.39 is 18.2 Å². The van der Waals surface area contributed by atoms with Crippen LogP contribution in [0.4, 0.5) is 0 Å². The summed E-state index contributed by atoms with van der Waals surface area (Å²) in [5, 5.41) is 33.4. The molecule has 5 nitrogen and oxygen atoms in total. The lowest BCUT2D eigenvalue weighted by atomic mass is 10.0. The van der Waals surface area contributed by atoms with E-state index in [2.05, 4.69) is 55.6 Å². The Bertz CT molecular complexity index is 749. The van der Waals surface area contributed by atoms with Gasteiger partial charge in [-0.15, -0.1) is 0 Å². The standard InChI is InChI=1S/C43H81NO4/c1-3-5-7-9-11-13-15-16-17-18-19-20-21-22-23-24-25-26-28-29-31-33-35-37-41(46)43(48)40(39-45)44-42(47)38-36-34-32-30-27-14-12-10-8-6-4-2/h10,12,24-25,29,31,40-41,43,45-46,48H,3-9,11,13-23,26-28,30,32-39H2,1-2H3,(H,44,47)/b12-10-,25-24+,31-29+. The van der Waals surface area contributed by atoms with Crippen molar-refractivity contribution in [3.63, 3.8) is 0 Å². The van der Waals surface area contributed by atoms with Gasteiger partial charge in [-0.2, -0.15) is 0 Å². The average Bonchev–Trinajstić information content (AvgIpc) is 3.09. The Morgan fingerprint density at radius 3 is 1.33 bits per heavy atom. The largest absolute Gasteiger partial charge is 0.394 e. The Morgan fingerprint density at radius 2 is 0.875 bits per heavy atom. The van der Waals surface area contributed by atoms with Gasteiger partial charge >= 0.3 is 0 Å². The van der Waals surface area contributed by atoms with E-state index in [1.54, 1.807) is 0 Å². The predicted molar refractivity (Wildman–Crippen MR) is 208 cm³/mol. The number of amides is 1. The number of unbranched alkanes of at least 4 members (excludes halogenated alkanes) is 23. The third-order valence-corrected chi connectivity index (χ3v) is 9.44. The van der Waals surface area contributed by atoms with Crippen LogP contribution in [-0.4, -0.2) is 46.1 Å². The zero-order chi connectivity index (χ0) is 35.2. The molecule has 0 saturated heterocycles. The van der Waals surface area contributed by atoms with Crippen LogP contribution in [0.25, 0.3) is 0 Å². The van der Waals surface area contributed by atoms with E-state index in [-0.39, 0.29) is 12.5 Å². The maximum absolute atomic E-state index is 12.3. The molecule has 0 spiro atoms. The fraction of sp³-hybridized carbons (Fsp3) is 0.837. The van der Waals surface area contributed by atoms with Gasteiger partial charge in [0.25, 0.3) is 0 Å². The molecule has 0 aromatic rings. The second kappa shape index (κ2) is 38.4. The molecule has 3 unspecified atom stereocenters. The van der Waals surface area contributed by atoms with Crippen molar-refractivity contribution in [1.29, 1.82) is 0 Å². The maximum atomic E-state index is 12.3. The molecule has 0 aliphatic rings. The van der Waals surface area contributed by atoms with Crippen molar-refractivity contribution in [1.82, 2.24) is 5.32 Å². The average molecular weight is 676 g/mol. The van der Waals surface area contributed by atoms with Crippen LogP contribution in [0.2, 0.25) is 0 Å². The van der Waals surface area contributed by atoms with Gasteiger partial charge in [0.2, 0.25) is 5.91 Å². The van der Waals surface area contributed by atoms with Crippen LogP contribution in [0, 0.1) is 0 Å². The fourth-order valence-electron chi connectivity index (χ4n) is 6.16. The van der Waals surface area contributed by atoms with E-state index >= 15 is 0 Å². The summed E-state index contributed by atoms with van der Waals surface area (Å²) in [5.41, 5.74) is 0. The lowest BCUT2D eigenvalue weighted by Gasteiger charge is -2.26. The number of allylic oxidation sites excluding steroid dienone is 6. The monoisotopic (exact) mass is 676 g/mol. The van der Waals surface area contributed by atoms with Crippen LogP contribution in [0.3, 0.4) is 0 Å². The number of hydrogen-bond donors (Lipinski definition) is 4. The van der Waals surface area contributed by atoms with Crippen molar-refractivity contribution < 1.29 is 20.1 Å². The Kier molecular flexibility index (Phi) is 37.2. The second-order valence-electron chi connectivity index (χ2n) is 14.2. The van der Waals surface area contributed by atoms with Gasteiger partial charge in [-0.1, -0.05) is 166 Å². The minimum Gasteiger partial charge on any atom is -0.394 e. The number of rotatable bonds is 37. The summed E-state index contributed by atoms with van der Waals surface area (Å²) in [4.78, 5) is 12.3. The van der Waals surface area contributed by atoms with E-state index in [9.17, 15) is 20.1 Å². The molecule has 0 aromatic carbocycles. The minimum atomic E-state index is -1.17. The Morgan fingerprint density at radius 1 is 0.500 bits per heavy atom. The van der Waals surface area contributed by atoms with Crippen molar-refractivity contribution in [2.75, 3.05) is 6.61 Å². The highest BCUT2D eigenvalue weighted by atomic mass is 16.3. The van der Waals surface area contributed by atoms with Crippen molar-refractivity contribution >= 4 is 5.91 Å². The second-order valence-corrected chi connectivity index (χ2v) is 14.2. The first-order valence-corrected chi connectivity index (χ1v) is 20.8. The number of hydrogen-bond acceptors (Lipinski definition) is 4. The van der Waals surface area contributed by atoms with E-state index in [0.29, 0.717) is 12.8 Å². The topological polar surface area (TPSA) is 89.8 Å². The quantitative estimate of drug-likeness (QED) is 0.0390. The van der Waals surface area contributed by atoms with Gasteiger partial charge in [0, 0.05) is 6.42 Å². The van der Waals surface area contributed by atoms with E-state index in [0.717, 1.165) is 51.4 Å². The zero-order valence-corrected chi connectivity index (χ0v) is 31.9. The number of aliphatic hydroxyl groups excluding tert-OH is 3. The molecule has 0 fully saturated rings. The number of carbonyl (C=O) groups excluding carboxylic acids is 1. The first kappa shape index (κ1) is 46.6. The molecule has 4 N–H and O–H groups in total. The summed E-state index contributed by atoms with van der Waals surface area (Å²) in [6, 6.07) is -0.834. The van der Waals surface area contributed by atoms with Crippen molar-refractivity contribution in [2.45, 2.75) is 225 Å². The van der Waals surface area contributed by atoms with Crippen LogP contribution in [0.1, 0.15) is 206 Å². The molecular weight excluding hydrogens is 594 g/mol. The Hall–Kier alpha value is -1.43. The van der Waals surface area contributed by atoms with Crippen LogP contribution < -0.4 is 5.32 Å². The van der Waals surface area contributed by atoms with Gasteiger partial charge in [0.05, 0.1) is 18.8 Å². The fourth-order valence-corrected chi connectivity index (χ4v) is 6.16. The molecule has 3 atom stereocenters. The Balaban J connectivity index is 3.69. The molecule has 0 aliphatic carbocycles. The predicted octanol–water partition coefficient (Wildman–Crippen LogP) is 11.6. The molecule has 0 heterocycles. The van der Waals surface area contributed by atoms with Crippen molar-refractivity contribution in [3.8, 4) is 0 Å². The molecule has 282 valence electrons. The summed E-state index contributed by atoms with van der Waals surface area (Å²) >= 11 is 0. The molecule has 0 aliphatic heterocycles. The molecule has 48 heavy (non-hydrogen) atoms. The van der Waals surface area contributed by atoms with Gasteiger partial charge in [0.1, 0.15) is 6.10 Å². The van der Waals surface area contributed by atoms with Crippen LogP contribution in [0.15, 0.2) is 36.5 Å². The normalized spacial score (nSPS) is 14.0. The minimum absolute atomic E-state index is 0.171. The Labute approximate surface area is 298 Å². The molecule has 1 amide bonds. The summed E-state index contributed by atoms with van der Waals surface area (Å²) in [7, 11) is 0. The van der Waals surface area contributed by atoms with Crippen molar-refractivity contribution in [3.05, 3.63) is 36.5 Å². The molecule has 0 radical (unpaired) electrons. The molecule has 5 heteroatoms. The van der Waals surface area contributed by atoms with E-state index in [1.807, 2.05) is 0 Å². The van der Waals surface area contributed by atoms with Gasteiger partial charge in [-0.05, 0) is 70.6 Å². The third-order valence-electron chi connectivity index (χ3n) is 9.44. The molecule has 0 rings (SSSR count). The third kappa shape index (κ3) is 33.1. The first-order chi connectivity index (χ1) is 23.6. The molecule has 0 bridgehead atoms. The first-order valence-electron chi connectivity index (χ1n) is 20.8. The van der Waals surface area contributed by atoms with Crippen LogP contribution in [-0.2, 0) is 4.79 Å².